The van der Waals surface area contributed by atoms with E-state index in [-0.39, 0.29) is 5.41 Å². The Morgan fingerprint density at radius 3 is 2.83 bits per heavy atom. The van der Waals surface area contributed by atoms with Gasteiger partial charge in [0, 0.05) is 5.41 Å². The molecular weight excluding hydrogens is 296 g/mol. The molecule has 6 atom stereocenters. The Morgan fingerprint density at radius 1 is 1.21 bits per heavy atom. The van der Waals surface area contributed by atoms with Crippen LogP contribution in [-0.4, -0.2) is 15.8 Å². The average molecular weight is 322 g/mol. The largest absolute Gasteiger partial charge is 0.508 e. The molecule has 6 unspecified atom stereocenters. The van der Waals surface area contributed by atoms with Crippen LogP contribution in [0, 0.1) is 29.6 Å². The number of aromatic hydroxyl groups is 1. The Labute approximate surface area is 144 Å². The van der Waals surface area contributed by atoms with Crippen molar-refractivity contribution in [2.24, 2.45) is 17.3 Å². The minimum absolute atomic E-state index is 0.126. The van der Waals surface area contributed by atoms with Gasteiger partial charge in [0.05, 0.1) is 0 Å². The molecule has 0 saturated heterocycles. The fourth-order valence-electron chi connectivity index (χ4n) is 7.02. The summed E-state index contributed by atoms with van der Waals surface area (Å²) >= 11 is 0. The zero-order valence-electron chi connectivity index (χ0n) is 14.4. The van der Waals surface area contributed by atoms with Crippen LogP contribution in [0.2, 0.25) is 0 Å². The second kappa shape index (κ2) is 4.58. The van der Waals surface area contributed by atoms with Crippen molar-refractivity contribution in [2.45, 2.75) is 69.3 Å². The normalized spacial score (nSPS) is 45.2. The Hall–Kier alpha value is -1.46. The molecule has 2 nitrogen and oxygen atoms in total. The number of phenols is 1. The summed E-state index contributed by atoms with van der Waals surface area (Å²) in [6.45, 7) is 2.24. The Bertz CT molecular complexity index is 760. The summed E-state index contributed by atoms with van der Waals surface area (Å²) in [5, 5.41) is 21.3. The van der Waals surface area contributed by atoms with Crippen molar-refractivity contribution in [3.63, 3.8) is 0 Å². The van der Waals surface area contributed by atoms with Gasteiger partial charge >= 0.3 is 0 Å². The monoisotopic (exact) mass is 322 g/mol. The first-order valence-corrected chi connectivity index (χ1v) is 9.53. The van der Waals surface area contributed by atoms with Gasteiger partial charge in [0.1, 0.15) is 11.4 Å². The standard InChI is InChI=1S/C22H26O2/c1-3-22(24)11-9-18-17-12-13-4-5-16-19(23)7-6-15(20(13)16)14(17)8-10-21(18,22)2/h1,6-7,13-14,17-18,23-24H,4-5,8-12H2,2H3. The van der Waals surface area contributed by atoms with Crippen LogP contribution in [-0.2, 0) is 6.42 Å². The maximum absolute atomic E-state index is 11.0. The first-order valence-electron chi connectivity index (χ1n) is 9.53. The molecular formula is C22H26O2. The number of phenolic OH excluding ortho intramolecular Hbond substituents is 1. The third kappa shape index (κ3) is 1.58. The van der Waals surface area contributed by atoms with E-state index in [1.807, 2.05) is 6.07 Å². The molecule has 0 aliphatic heterocycles. The highest BCUT2D eigenvalue weighted by molar-refractivity contribution is 5.52. The van der Waals surface area contributed by atoms with Crippen LogP contribution in [0.4, 0.5) is 0 Å². The third-order valence-corrected chi connectivity index (χ3v) is 8.30. The van der Waals surface area contributed by atoms with Gasteiger partial charge in [0.25, 0.3) is 0 Å². The van der Waals surface area contributed by atoms with Gasteiger partial charge < -0.3 is 10.2 Å². The summed E-state index contributed by atoms with van der Waals surface area (Å²) in [5.41, 5.74) is 3.15. The van der Waals surface area contributed by atoms with Crippen molar-refractivity contribution < 1.29 is 10.2 Å². The number of hydrogen-bond donors (Lipinski definition) is 2. The summed E-state index contributed by atoms with van der Waals surface area (Å²) in [5.74, 6) is 5.62. The van der Waals surface area contributed by atoms with E-state index in [1.54, 1.807) is 0 Å². The second-order valence-electron chi connectivity index (χ2n) is 8.91. The van der Waals surface area contributed by atoms with Crippen LogP contribution in [0.15, 0.2) is 12.1 Å². The molecule has 2 heteroatoms. The maximum atomic E-state index is 11.0. The molecule has 2 N–H and O–H groups in total. The fourth-order valence-corrected chi connectivity index (χ4v) is 7.02. The maximum Gasteiger partial charge on any atom is 0.130 e. The number of terminal acetylenes is 1. The number of benzene rings is 1. The minimum Gasteiger partial charge on any atom is -0.508 e. The lowest BCUT2D eigenvalue weighted by molar-refractivity contribution is -0.0660. The number of fused-ring (bicyclic) bond motifs is 4. The minimum atomic E-state index is -0.918. The molecule has 0 heterocycles. The molecule has 0 spiro atoms. The number of aliphatic hydroxyl groups is 1. The van der Waals surface area contributed by atoms with E-state index in [0.717, 1.165) is 32.1 Å². The molecule has 0 aromatic heterocycles. The Balaban J connectivity index is 1.60. The van der Waals surface area contributed by atoms with E-state index in [4.69, 9.17) is 6.42 Å². The molecule has 2 fully saturated rings. The highest BCUT2D eigenvalue weighted by atomic mass is 16.3. The van der Waals surface area contributed by atoms with E-state index < -0.39 is 5.60 Å². The van der Waals surface area contributed by atoms with Crippen LogP contribution in [0.1, 0.15) is 74.0 Å². The van der Waals surface area contributed by atoms with Crippen LogP contribution in [0.5, 0.6) is 5.75 Å². The lowest BCUT2D eigenvalue weighted by atomic mass is 9.52. The van der Waals surface area contributed by atoms with Crippen LogP contribution in [0.3, 0.4) is 0 Å². The molecule has 4 aliphatic carbocycles. The molecule has 5 rings (SSSR count). The molecule has 0 radical (unpaired) electrons. The zero-order chi connectivity index (χ0) is 16.7. The van der Waals surface area contributed by atoms with Gasteiger partial charge in [-0.1, -0.05) is 18.9 Å². The van der Waals surface area contributed by atoms with Gasteiger partial charge in [-0.3, -0.25) is 0 Å². The van der Waals surface area contributed by atoms with Gasteiger partial charge in [-0.15, -0.1) is 6.42 Å². The smallest absolute Gasteiger partial charge is 0.130 e. The molecule has 0 amide bonds. The summed E-state index contributed by atoms with van der Waals surface area (Å²) in [4.78, 5) is 0. The summed E-state index contributed by atoms with van der Waals surface area (Å²) in [6.07, 6.45) is 13.1. The van der Waals surface area contributed by atoms with Crippen molar-refractivity contribution >= 4 is 0 Å². The first-order chi connectivity index (χ1) is 11.5. The molecule has 4 aliphatic rings. The first kappa shape index (κ1) is 14.8. The third-order valence-electron chi connectivity index (χ3n) is 8.30. The molecule has 126 valence electrons. The van der Waals surface area contributed by atoms with Crippen molar-refractivity contribution in [3.05, 3.63) is 28.8 Å². The summed E-state index contributed by atoms with van der Waals surface area (Å²) in [6, 6.07) is 4.10. The molecule has 1 aromatic carbocycles. The predicted molar refractivity (Wildman–Crippen MR) is 93.9 cm³/mol. The van der Waals surface area contributed by atoms with E-state index in [2.05, 4.69) is 18.9 Å². The molecule has 1 aromatic rings. The number of rotatable bonds is 0. The molecule has 2 saturated carbocycles. The Kier molecular flexibility index (Phi) is 2.83. The summed E-state index contributed by atoms with van der Waals surface area (Å²) < 4.78 is 0. The lowest BCUT2D eigenvalue weighted by Gasteiger charge is -2.53. The van der Waals surface area contributed by atoms with Crippen LogP contribution < -0.4 is 0 Å². The van der Waals surface area contributed by atoms with E-state index in [9.17, 15) is 10.2 Å². The van der Waals surface area contributed by atoms with E-state index in [1.165, 1.54) is 29.5 Å². The van der Waals surface area contributed by atoms with Crippen molar-refractivity contribution in [3.8, 4) is 18.1 Å². The summed E-state index contributed by atoms with van der Waals surface area (Å²) in [7, 11) is 0. The van der Waals surface area contributed by atoms with Crippen LogP contribution in [0.25, 0.3) is 0 Å². The quantitative estimate of drug-likeness (QED) is 0.706. The molecule has 0 bridgehead atoms. The van der Waals surface area contributed by atoms with Gasteiger partial charge in [-0.05, 0) is 91.4 Å². The molecule has 24 heavy (non-hydrogen) atoms. The van der Waals surface area contributed by atoms with E-state index in [0.29, 0.717) is 29.4 Å². The predicted octanol–water partition coefficient (Wildman–Crippen LogP) is 4.10. The lowest BCUT2D eigenvalue weighted by Crippen LogP contribution is -2.50. The van der Waals surface area contributed by atoms with Crippen molar-refractivity contribution in [1.29, 1.82) is 0 Å². The topological polar surface area (TPSA) is 40.5 Å². The fraction of sp³-hybridized carbons (Fsp3) is 0.636. The SMILES string of the molecule is C#CC1(O)CCC2C3CC4CCc5c(O)ccc(c54)C3CCC21C. The highest BCUT2D eigenvalue weighted by Crippen LogP contribution is 2.66. The van der Waals surface area contributed by atoms with Gasteiger partial charge in [-0.25, -0.2) is 0 Å². The zero-order valence-corrected chi connectivity index (χ0v) is 14.4. The van der Waals surface area contributed by atoms with Crippen molar-refractivity contribution in [2.75, 3.05) is 0 Å². The van der Waals surface area contributed by atoms with Gasteiger partial charge in [0.2, 0.25) is 0 Å². The van der Waals surface area contributed by atoms with Crippen molar-refractivity contribution in [1.82, 2.24) is 0 Å². The van der Waals surface area contributed by atoms with Crippen LogP contribution >= 0.6 is 0 Å². The van der Waals surface area contributed by atoms with E-state index >= 15 is 0 Å². The van der Waals surface area contributed by atoms with Gasteiger partial charge in [-0.2, -0.15) is 0 Å². The Morgan fingerprint density at radius 2 is 2.04 bits per heavy atom. The van der Waals surface area contributed by atoms with Gasteiger partial charge in [0.15, 0.2) is 0 Å². The average Bonchev–Trinajstić information content (AvgIpc) is 3.12. The highest BCUT2D eigenvalue weighted by Gasteiger charge is 2.61. The number of hydrogen-bond acceptors (Lipinski definition) is 2. The second-order valence-corrected chi connectivity index (χ2v) is 8.91.